The number of halogens is 2. The third-order valence-corrected chi connectivity index (χ3v) is 7.29. The van der Waals surface area contributed by atoms with Crippen LogP contribution in [0.15, 0.2) is 60.7 Å². The van der Waals surface area contributed by atoms with Gasteiger partial charge >= 0.3 is 0 Å². The van der Waals surface area contributed by atoms with Crippen LogP contribution in [0.4, 0.5) is 10.1 Å². The maximum Gasteiger partial charge on any atom is 0.256 e. The molecule has 192 valence electrons. The Morgan fingerprint density at radius 3 is 2.59 bits per heavy atom. The lowest BCUT2D eigenvalue weighted by Gasteiger charge is -2.25. The second kappa shape index (κ2) is 9.64. The zero-order valence-electron chi connectivity index (χ0n) is 20.2. The fraction of sp³-hybridized carbons (Fsp3) is 0.296. The van der Waals surface area contributed by atoms with Crippen molar-refractivity contribution in [1.29, 1.82) is 0 Å². The Balaban J connectivity index is 1.55. The largest absolute Gasteiger partial charge is 0.490 e. The highest BCUT2D eigenvalue weighted by atomic mass is 35.5. The third kappa shape index (κ3) is 4.08. The topological polar surface area (TPSA) is 103 Å². The second-order valence-corrected chi connectivity index (χ2v) is 9.55. The van der Waals surface area contributed by atoms with Crippen LogP contribution in [-0.2, 0) is 16.9 Å². The first kappa shape index (κ1) is 25.0. The minimum atomic E-state index is -1.54. The first-order chi connectivity index (χ1) is 17.8. The van der Waals surface area contributed by atoms with Gasteiger partial charge in [0.2, 0.25) is 0 Å². The van der Waals surface area contributed by atoms with Crippen molar-refractivity contribution in [2.45, 2.75) is 44.0 Å². The maximum atomic E-state index is 14.1. The van der Waals surface area contributed by atoms with E-state index in [4.69, 9.17) is 21.1 Å². The van der Waals surface area contributed by atoms with Crippen LogP contribution in [0.25, 0.3) is 0 Å². The molecule has 2 aliphatic rings. The Morgan fingerprint density at radius 1 is 1.14 bits per heavy atom. The van der Waals surface area contributed by atoms with Crippen molar-refractivity contribution in [3.63, 3.8) is 0 Å². The van der Waals surface area contributed by atoms with Gasteiger partial charge in [0.05, 0.1) is 17.5 Å². The minimum absolute atomic E-state index is 0.0786. The molecule has 1 spiro atoms. The van der Waals surface area contributed by atoms with Crippen molar-refractivity contribution >= 4 is 23.2 Å². The number of anilines is 1. The molecule has 8 nitrogen and oxygen atoms in total. The molecule has 0 saturated carbocycles. The number of para-hydroxylation sites is 1. The number of fused-ring (bicyclic) bond motifs is 2. The Kier molecular flexibility index (Phi) is 6.51. The molecule has 2 aliphatic heterocycles. The number of amides is 1. The SMILES string of the molecule is CCOc1cc([C@@H]2[C@H](C)N[C@@]3(C(=O)Nc4ccccc43)[C@@H]2[N+](=O)[O-])cc(Cl)c1OCc1ccccc1F. The van der Waals surface area contributed by atoms with E-state index >= 15 is 0 Å². The van der Waals surface area contributed by atoms with Crippen LogP contribution < -0.4 is 20.1 Å². The van der Waals surface area contributed by atoms with Crippen molar-refractivity contribution in [1.82, 2.24) is 5.32 Å². The molecule has 0 unspecified atom stereocenters. The average Bonchev–Trinajstić information content (AvgIpc) is 3.33. The minimum Gasteiger partial charge on any atom is -0.490 e. The Morgan fingerprint density at radius 2 is 1.86 bits per heavy atom. The lowest BCUT2D eigenvalue weighted by atomic mass is 9.78. The van der Waals surface area contributed by atoms with Gasteiger partial charge in [-0.1, -0.05) is 48.0 Å². The van der Waals surface area contributed by atoms with Gasteiger partial charge in [0, 0.05) is 27.8 Å². The molecule has 0 radical (unpaired) electrons. The van der Waals surface area contributed by atoms with Crippen LogP contribution in [0.3, 0.4) is 0 Å². The number of rotatable bonds is 7. The van der Waals surface area contributed by atoms with Gasteiger partial charge in [0.25, 0.3) is 11.9 Å². The van der Waals surface area contributed by atoms with Crippen molar-refractivity contribution in [2.24, 2.45) is 0 Å². The van der Waals surface area contributed by atoms with Gasteiger partial charge in [-0.15, -0.1) is 0 Å². The molecule has 1 amide bonds. The molecule has 3 aromatic rings. The van der Waals surface area contributed by atoms with Crippen LogP contribution >= 0.6 is 11.6 Å². The predicted octanol–water partition coefficient (Wildman–Crippen LogP) is 5.03. The van der Waals surface area contributed by atoms with Crippen LogP contribution in [0.5, 0.6) is 11.5 Å². The number of ether oxygens (including phenoxy) is 2. The van der Waals surface area contributed by atoms with Gasteiger partial charge in [-0.25, -0.2) is 4.39 Å². The molecule has 0 aromatic heterocycles. The second-order valence-electron chi connectivity index (χ2n) is 9.14. The van der Waals surface area contributed by atoms with E-state index in [0.717, 1.165) is 0 Å². The van der Waals surface area contributed by atoms with E-state index < -0.39 is 40.2 Å². The lowest BCUT2D eigenvalue weighted by Crippen LogP contribution is -2.54. The molecule has 10 heteroatoms. The first-order valence-electron chi connectivity index (χ1n) is 11.9. The van der Waals surface area contributed by atoms with E-state index in [-0.39, 0.29) is 29.7 Å². The van der Waals surface area contributed by atoms with Crippen LogP contribution in [0, 0.1) is 15.9 Å². The highest BCUT2D eigenvalue weighted by Crippen LogP contribution is 2.51. The number of benzene rings is 3. The number of hydrogen-bond donors (Lipinski definition) is 2. The summed E-state index contributed by atoms with van der Waals surface area (Å²) in [6.07, 6.45) is 0. The van der Waals surface area contributed by atoms with Crippen LogP contribution in [0.2, 0.25) is 5.02 Å². The molecule has 2 heterocycles. The number of carbonyl (C=O) groups excluding carboxylic acids is 1. The van der Waals surface area contributed by atoms with Gasteiger partial charge in [0.15, 0.2) is 17.0 Å². The maximum absolute atomic E-state index is 14.1. The van der Waals surface area contributed by atoms with Crippen molar-refractivity contribution in [3.05, 3.63) is 98.3 Å². The number of nitrogens with one attached hydrogen (secondary N) is 2. The standard InChI is InChI=1S/C27H25ClFN3O5/c1-3-36-22-13-17(12-19(28)24(22)37-14-16-8-4-6-10-20(16)29)23-15(2)31-27(25(23)32(34)35)18-9-5-7-11-21(18)30-26(27)33/h4-13,15,23,25,31H,3,14H2,1-2H3,(H,30,33)/t15-,23-,25+,27+/m0/s1. The van der Waals surface area contributed by atoms with Gasteiger partial charge < -0.3 is 14.8 Å². The van der Waals surface area contributed by atoms with Crippen molar-refractivity contribution in [3.8, 4) is 11.5 Å². The quantitative estimate of drug-likeness (QED) is 0.331. The normalized spacial score (nSPS) is 24.1. The molecule has 0 aliphatic carbocycles. The lowest BCUT2D eigenvalue weighted by molar-refractivity contribution is -0.532. The number of carbonyl (C=O) groups is 1. The number of nitro groups is 1. The van der Waals surface area contributed by atoms with Crippen molar-refractivity contribution < 1.29 is 23.6 Å². The van der Waals surface area contributed by atoms with Crippen molar-refractivity contribution in [2.75, 3.05) is 11.9 Å². The molecule has 5 rings (SSSR count). The first-order valence-corrected chi connectivity index (χ1v) is 12.3. The molecule has 4 atom stereocenters. The van der Waals surface area contributed by atoms with Crippen LogP contribution in [-0.4, -0.2) is 29.5 Å². The van der Waals surface area contributed by atoms with Gasteiger partial charge in [-0.05, 0) is 43.7 Å². The summed E-state index contributed by atoms with van der Waals surface area (Å²) < 4.78 is 25.7. The zero-order valence-corrected chi connectivity index (χ0v) is 20.9. The smallest absolute Gasteiger partial charge is 0.256 e. The molecular weight excluding hydrogens is 501 g/mol. The summed E-state index contributed by atoms with van der Waals surface area (Å²) in [6.45, 7) is 3.80. The summed E-state index contributed by atoms with van der Waals surface area (Å²) in [4.78, 5) is 25.4. The Labute approximate surface area is 217 Å². The molecular formula is C27H25ClFN3O5. The molecule has 37 heavy (non-hydrogen) atoms. The van der Waals surface area contributed by atoms with E-state index in [1.807, 2.05) is 0 Å². The predicted molar refractivity (Wildman–Crippen MR) is 136 cm³/mol. The van der Waals surface area contributed by atoms with Gasteiger partial charge in [-0.2, -0.15) is 0 Å². The highest BCUT2D eigenvalue weighted by Gasteiger charge is 2.67. The molecule has 2 N–H and O–H groups in total. The average molecular weight is 526 g/mol. The van der Waals surface area contributed by atoms with E-state index in [0.29, 0.717) is 22.4 Å². The summed E-state index contributed by atoms with van der Waals surface area (Å²) in [7, 11) is 0. The molecule has 1 fully saturated rings. The van der Waals surface area contributed by atoms with E-state index in [9.17, 15) is 19.3 Å². The van der Waals surface area contributed by atoms with Gasteiger partial charge in [0.1, 0.15) is 12.4 Å². The van der Waals surface area contributed by atoms with Crippen LogP contribution in [0.1, 0.15) is 36.5 Å². The van der Waals surface area contributed by atoms with E-state index in [2.05, 4.69) is 10.6 Å². The van der Waals surface area contributed by atoms with Gasteiger partial charge in [-0.3, -0.25) is 20.2 Å². The number of hydrogen-bond acceptors (Lipinski definition) is 6. The number of nitrogens with zero attached hydrogens (tertiary/aromatic N) is 1. The molecule has 0 bridgehead atoms. The summed E-state index contributed by atoms with van der Waals surface area (Å²) in [5.74, 6) is -1.10. The monoisotopic (exact) mass is 525 g/mol. The third-order valence-electron chi connectivity index (χ3n) is 7.01. The Bertz CT molecular complexity index is 1390. The summed E-state index contributed by atoms with van der Waals surface area (Å²) in [5, 5.41) is 18.8. The summed E-state index contributed by atoms with van der Waals surface area (Å²) in [5.41, 5.74) is 0.423. The highest BCUT2D eigenvalue weighted by molar-refractivity contribution is 6.32. The summed E-state index contributed by atoms with van der Waals surface area (Å²) in [6, 6.07) is 14.7. The summed E-state index contributed by atoms with van der Waals surface area (Å²) >= 11 is 6.62. The van der Waals surface area contributed by atoms with E-state index in [1.54, 1.807) is 68.4 Å². The fourth-order valence-corrected chi connectivity index (χ4v) is 5.78. The fourth-order valence-electron chi connectivity index (χ4n) is 5.50. The van der Waals surface area contributed by atoms with E-state index in [1.165, 1.54) is 6.07 Å². The molecule has 3 aromatic carbocycles. The zero-order chi connectivity index (χ0) is 26.3. The Hall–Kier alpha value is -3.69. The molecule has 1 saturated heterocycles.